The van der Waals surface area contributed by atoms with E-state index in [1.165, 1.54) is 5.69 Å². The first-order valence-electron chi connectivity index (χ1n) is 5.29. The predicted molar refractivity (Wildman–Crippen MR) is 57.6 cm³/mol. The molecule has 0 amide bonds. The van der Waals surface area contributed by atoms with Crippen LogP contribution < -0.4 is 11.3 Å². The third-order valence-electron chi connectivity index (χ3n) is 2.49. The zero-order chi connectivity index (χ0) is 10.6. The molecule has 1 atom stereocenters. The molecular weight excluding hydrogens is 176 g/mol. The lowest BCUT2D eigenvalue weighted by atomic mass is 10.1. The van der Waals surface area contributed by atoms with E-state index in [2.05, 4.69) is 37.4 Å². The van der Waals surface area contributed by atoms with Gasteiger partial charge in [-0.3, -0.25) is 16.0 Å². The van der Waals surface area contributed by atoms with Crippen molar-refractivity contribution >= 4 is 0 Å². The summed E-state index contributed by atoms with van der Waals surface area (Å²) in [4.78, 5) is 0. The maximum absolute atomic E-state index is 5.50. The first-order valence-corrected chi connectivity index (χ1v) is 5.29. The molecular formula is C10H20N4. The summed E-state index contributed by atoms with van der Waals surface area (Å²) in [6.07, 6.45) is 1.95. The fraction of sp³-hybridized carbons (Fsp3) is 0.700. The minimum atomic E-state index is 0.211. The zero-order valence-corrected chi connectivity index (χ0v) is 9.25. The molecule has 4 nitrogen and oxygen atoms in total. The Hall–Kier alpha value is -0.870. The second kappa shape index (κ2) is 5.12. The Kier molecular flexibility index (Phi) is 4.10. The summed E-state index contributed by atoms with van der Waals surface area (Å²) in [5.74, 6) is 5.50. The van der Waals surface area contributed by atoms with Gasteiger partial charge in [-0.15, -0.1) is 0 Å². The van der Waals surface area contributed by atoms with Gasteiger partial charge in [-0.2, -0.15) is 5.10 Å². The number of rotatable bonds is 5. The van der Waals surface area contributed by atoms with Crippen LogP contribution in [-0.2, 0) is 13.0 Å². The standard InChI is InChI=1S/C10H20N4/c1-4-8-7-10(9(5-2)12-11)14(6-3)13-8/h7,9,12H,4-6,11H2,1-3H3. The van der Waals surface area contributed by atoms with Gasteiger partial charge >= 0.3 is 0 Å². The van der Waals surface area contributed by atoms with Gasteiger partial charge in [0.2, 0.25) is 0 Å². The van der Waals surface area contributed by atoms with E-state index in [4.69, 9.17) is 5.84 Å². The molecule has 1 unspecified atom stereocenters. The largest absolute Gasteiger partial charge is 0.271 e. The van der Waals surface area contributed by atoms with Crippen LogP contribution in [0, 0.1) is 0 Å². The SMILES string of the molecule is CCc1cc(C(CC)NN)n(CC)n1. The Morgan fingerprint density at radius 2 is 2.21 bits per heavy atom. The van der Waals surface area contributed by atoms with E-state index in [1.807, 2.05) is 4.68 Å². The highest BCUT2D eigenvalue weighted by molar-refractivity contribution is 5.14. The smallest absolute Gasteiger partial charge is 0.0626 e. The van der Waals surface area contributed by atoms with Gasteiger partial charge in [0.05, 0.1) is 17.4 Å². The molecule has 0 bridgehead atoms. The first kappa shape index (κ1) is 11.2. The molecule has 0 saturated heterocycles. The number of aryl methyl sites for hydroxylation is 2. The van der Waals surface area contributed by atoms with Crippen molar-refractivity contribution < 1.29 is 0 Å². The lowest BCUT2D eigenvalue weighted by Gasteiger charge is -2.14. The Bertz CT molecular complexity index is 276. The van der Waals surface area contributed by atoms with Gasteiger partial charge in [0.25, 0.3) is 0 Å². The quantitative estimate of drug-likeness (QED) is 0.552. The van der Waals surface area contributed by atoms with Crippen molar-refractivity contribution in [2.45, 2.75) is 46.2 Å². The van der Waals surface area contributed by atoms with Gasteiger partial charge in [0.1, 0.15) is 0 Å². The summed E-state index contributed by atoms with van der Waals surface area (Å²) in [6, 6.07) is 2.35. The highest BCUT2D eigenvalue weighted by Gasteiger charge is 2.13. The summed E-state index contributed by atoms with van der Waals surface area (Å²) in [7, 11) is 0. The Labute approximate surface area is 85.5 Å². The maximum Gasteiger partial charge on any atom is 0.0626 e. The number of nitrogens with two attached hydrogens (primary N) is 1. The van der Waals surface area contributed by atoms with Gasteiger partial charge in [0.15, 0.2) is 0 Å². The molecule has 1 aromatic heterocycles. The Balaban J connectivity index is 2.98. The van der Waals surface area contributed by atoms with Crippen LogP contribution >= 0.6 is 0 Å². The molecule has 1 heterocycles. The van der Waals surface area contributed by atoms with Crippen LogP contribution in [0.25, 0.3) is 0 Å². The number of hydrazine groups is 1. The molecule has 4 heteroatoms. The number of hydrogen-bond acceptors (Lipinski definition) is 3. The number of nitrogens with one attached hydrogen (secondary N) is 1. The van der Waals surface area contributed by atoms with Crippen molar-refractivity contribution in [3.8, 4) is 0 Å². The van der Waals surface area contributed by atoms with Crippen molar-refractivity contribution in [2.75, 3.05) is 0 Å². The van der Waals surface area contributed by atoms with E-state index in [0.29, 0.717) is 0 Å². The van der Waals surface area contributed by atoms with E-state index >= 15 is 0 Å². The van der Waals surface area contributed by atoms with Crippen LogP contribution in [0.4, 0.5) is 0 Å². The highest BCUT2D eigenvalue weighted by atomic mass is 15.3. The molecule has 0 aliphatic carbocycles. The van der Waals surface area contributed by atoms with Crippen LogP contribution in [0.3, 0.4) is 0 Å². The van der Waals surface area contributed by atoms with Gasteiger partial charge in [-0.05, 0) is 25.8 Å². The molecule has 0 spiro atoms. The average Bonchev–Trinajstić information content (AvgIpc) is 2.63. The Morgan fingerprint density at radius 1 is 1.50 bits per heavy atom. The number of nitrogens with zero attached hydrogens (tertiary/aromatic N) is 2. The zero-order valence-electron chi connectivity index (χ0n) is 9.25. The second-order valence-corrected chi connectivity index (χ2v) is 3.36. The van der Waals surface area contributed by atoms with E-state index in [1.54, 1.807) is 0 Å². The second-order valence-electron chi connectivity index (χ2n) is 3.36. The van der Waals surface area contributed by atoms with Crippen molar-refractivity contribution in [3.63, 3.8) is 0 Å². The molecule has 0 fully saturated rings. The maximum atomic E-state index is 5.50. The monoisotopic (exact) mass is 196 g/mol. The summed E-state index contributed by atoms with van der Waals surface area (Å²) >= 11 is 0. The van der Waals surface area contributed by atoms with Gasteiger partial charge < -0.3 is 0 Å². The lowest BCUT2D eigenvalue weighted by Crippen LogP contribution is -2.29. The van der Waals surface area contributed by atoms with Gasteiger partial charge in [0, 0.05) is 6.54 Å². The minimum Gasteiger partial charge on any atom is -0.271 e. The normalized spacial score (nSPS) is 13.1. The molecule has 1 aromatic rings. The van der Waals surface area contributed by atoms with E-state index < -0.39 is 0 Å². The van der Waals surface area contributed by atoms with Crippen molar-refractivity contribution in [2.24, 2.45) is 5.84 Å². The van der Waals surface area contributed by atoms with Crippen molar-refractivity contribution in [1.29, 1.82) is 0 Å². The third-order valence-corrected chi connectivity index (χ3v) is 2.49. The van der Waals surface area contributed by atoms with Crippen molar-refractivity contribution in [3.05, 3.63) is 17.5 Å². The topological polar surface area (TPSA) is 55.9 Å². The third kappa shape index (κ3) is 2.13. The molecule has 0 aromatic carbocycles. The first-order chi connectivity index (χ1) is 6.76. The molecule has 0 aliphatic rings. The molecule has 0 saturated carbocycles. The molecule has 14 heavy (non-hydrogen) atoms. The van der Waals surface area contributed by atoms with Crippen LogP contribution in [0.5, 0.6) is 0 Å². The van der Waals surface area contributed by atoms with Crippen molar-refractivity contribution in [1.82, 2.24) is 15.2 Å². The summed E-state index contributed by atoms with van der Waals surface area (Å²) in [6.45, 7) is 7.22. The minimum absolute atomic E-state index is 0.211. The van der Waals surface area contributed by atoms with Crippen LogP contribution in [0.2, 0.25) is 0 Å². The average molecular weight is 196 g/mol. The summed E-state index contributed by atoms with van der Waals surface area (Å²) in [5, 5.41) is 4.49. The molecule has 0 aliphatic heterocycles. The van der Waals surface area contributed by atoms with Crippen LogP contribution in [0.15, 0.2) is 6.07 Å². The predicted octanol–water partition coefficient (Wildman–Crippen LogP) is 1.38. The van der Waals surface area contributed by atoms with Gasteiger partial charge in [-0.25, -0.2) is 0 Å². The molecule has 1 rings (SSSR count). The van der Waals surface area contributed by atoms with E-state index in [-0.39, 0.29) is 6.04 Å². The summed E-state index contributed by atoms with van der Waals surface area (Å²) in [5.41, 5.74) is 5.14. The van der Waals surface area contributed by atoms with Gasteiger partial charge in [-0.1, -0.05) is 13.8 Å². The molecule has 3 N–H and O–H groups in total. The Morgan fingerprint density at radius 3 is 2.64 bits per heavy atom. The van der Waals surface area contributed by atoms with Crippen LogP contribution in [0.1, 0.15) is 44.6 Å². The number of aromatic nitrogens is 2. The highest BCUT2D eigenvalue weighted by Crippen LogP contribution is 2.17. The fourth-order valence-electron chi connectivity index (χ4n) is 1.61. The molecule has 0 radical (unpaired) electrons. The number of hydrogen-bond donors (Lipinski definition) is 2. The summed E-state index contributed by atoms with van der Waals surface area (Å²) < 4.78 is 2.02. The van der Waals surface area contributed by atoms with E-state index in [9.17, 15) is 0 Å². The fourth-order valence-corrected chi connectivity index (χ4v) is 1.61. The lowest BCUT2D eigenvalue weighted by molar-refractivity contribution is 0.481. The van der Waals surface area contributed by atoms with E-state index in [0.717, 1.165) is 25.1 Å². The van der Waals surface area contributed by atoms with Crippen LogP contribution in [-0.4, -0.2) is 9.78 Å². The molecule has 80 valence electrons.